The van der Waals surface area contributed by atoms with E-state index in [1.54, 1.807) is 33.9 Å². The molecule has 0 radical (unpaired) electrons. The number of aliphatic hydroxyl groups excluding tert-OH is 1. The first-order valence-electron chi connectivity index (χ1n) is 16.9. The molecule has 2 fully saturated rings. The summed E-state index contributed by atoms with van der Waals surface area (Å²) in [6, 6.07) is 23.3. The van der Waals surface area contributed by atoms with Crippen molar-refractivity contribution in [2.24, 2.45) is 11.8 Å². The van der Waals surface area contributed by atoms with Crippen molar-refractivity contribution in [3.63, 3.8) is 0 Å². The van der Waals surface area contributed by atoms with Gasteiger partial charge in [-0.2, -0.15) is 0 Å². The Labute approximate surface area is 286 Å². The van der Waals surface area contributed by atoms with Gasteiger partial charge in [0.05, 0.1) is 25.1 Å². The SMILES string of the molecule is C=CCN1C(=O)[C@@]2(O[C@@H](CCn3cc([C@H](O)c4ccccc4)nn3)[C@H](C(C)(C)c3ccc(OC)cc3)[C@H]2C)c2cc(N3CCC3=O)ccc21. The third-order valence-electron chi connectivity index (χ3n) is 10.9. The van der Waals surface area contributed by atoms with Gasteiger partial charge in [-0.05, 0) is 53.3 Å². The van der Waals surface area contributed by atoms with E-state index in [0.717, 1.165) is 33.8 Å². The predicted octanol–water partition coefficient (Wildman–Crippen LogP) is 5.55. The summed E-state index contributed by atoms with van der Waals surface area (Å²) >= 11 is 0. The van der Waals surface area contributed by atoms with E-state index in [2.05, 4.69) is 49.8 Å². The summed E-state index contributed by atoms with van der Waals surface area (Å²) < 4.78 is 14.4. The first-order chi connectivity index (χ1) is 23.6. The Kier molecular flexibility index (Phi) is 8.40. The van der Waals surface area contributed by atoms with Gasteiger partial charge in [0.1, 0.15) is 17.5 Å². The van der Waals surface area contributed by atoms with E-state index in [1.807, 2.05) is 60.7 Å². The highest BCUT2D eigenvalue weighted by Gasteiger charge is 2.66. The standard InChI is InChI=1S/C39H43N5O5/c1-6-20-44-32-17-14-28(43-22-19-34(43)45)23-30(32)39(37(44)47)25(2)35(38(3,4)27-12-15-29(48-5)16-13-27)33(49-39)18-21-42-24-31(40-41-42)36(46)26-10-8-7-9-11-26/h6-17,23-25,33,35-36,46H,1,18-22H2,2-5H3/t25-,33+,35-,36-,39+/m1/s1. The second-order valence-corrected chi connectivity index (χ2v) is 13.9. The largest absolute Gasteiger partial charge is 0.497 e. The van der Waals surface area contributed by atoms with E-state index >= 15 is 0 Å². The third kappa shape index (κ3) is 5.34. The lowest BCUT2D eigenvalue weighted by Gasteiger charge is -2.39. The number of nitrogens with zero attached hydrogens (tertiary/aromatic N) is 5. The van der Waals surface area contributed by atoms with Crippen molar-refractivity contribution in [1.29, 1.82) is 0 Å². The van der Waals surface area contributed by atoms with Crippen molar-refractivity contribution in [2.45, 2.75) is 63.4 Å². The second kappa shape index (κ2) is 12.6. The monoisotopic (exact) mass is 661 g/mol. The Morgan fingerprint density at radius 3 is 2.53 bits per heavy atom. The van der Waals surface area contributed by atoms with Crippen molar-refractivity contribution in [2.75, 3.05) is 30.0 Å². The molecule has 10 nitrogen and oxygen atoms in total. The number of anilines is 2. The van der Waals surface area contributed by atoms with Crippen LogP contribution < -0.4 is 14.5 Å². The number of carbonyl (C=O) groups excluding carboxylic acids is 2. The first-order valence-corrected chi connectivity index (χ1v) is 16.9. The van der Waals surface area contributed by atoms with Crippen LogP contribution in [-0.4, -0.2) is 58.2 Å². The number of ether oxygens (including phenoxy) is 2. The maximum absolute atomic E-state index is 14.7. The van der Waals surface area contributed by atoms with Gasteiger partial charge in [-0.3, -0.25) is 14.3 Å². The molecular weight excluding hydrogens is 618 g/mol. The van der Waals surface area contributed by atoms with Crippen LogP contribution >= 0.6 is 0 Å². The van der Waals surface area contributed by atoms with E-state index in [9.17, 15) is 14.7 Å². The summed E-state index contributed by atoms with van der Waals surface area (Å²) in [5.41, 5.74) is 2.98. The third-order valence-corrected chi connectivity index (χ3v) is 10.9. The molecule has 4 heterocycles. The van der Waals surface area contributed by atoms with Crippen LogP contribution in [0.4, 0.5) is 11.4 Å². The maximum atomic E-state index is 14.7. The summed E-state index contributed by atoms with van der Waals surface area (Å²) in [4.78, 5) is 30.7. The maximum Gasteiger partial charge on any atom is 0.264 e. The molecule has 3 aliphatic heterocycles. The number of hydrogen-bond donors (Lipinski definition) is 1. The number of aromatic nitrogens is 3. The van der Waals surface area contributed by atoms with Crippen LogP contribution in [0, 0.1) is 11.8 Å². The van der Waals surface area contributed by atoms with Gasteiger partial charge in [-0.15, -0.1) is 11.7 Å². The smallest absolute Gasteiger partial charge is 0.264 e. The first kappa shape index (κ1) is 32.7. The lowest BCUT2D eigenvalue weighted by molar-refractivity contribution is -0.146. The molecule has 3 aromatic carbocycles. The summed E-state index contributed by atoms with van der Waals surface area (Å²) in [5, 5.41) is 19.6. The van der Waals surface area contributed by atoms with E-state index in [4.69, 9.17) is 9.47 Å². The van der Waals surface area contributed by atoms with Crippen LogP contribution in [0.3, 0.4) is 0 Å². The molecule has 3 aliphatic rings. The van der Waals surface area contributed by atoms with Gasteiger partial charge in [0.15, 0.2) is 5.60 Å². The van der Waals surface area contributed by atoms with Crippen LogP contribution in [0.15, 0.2) is 91.6 Å². The molecule has 1 spiro atoms. The Morgan fingerprint density at radius 2 is 1.88 bits per heavy atom. The van der Waals surface area contributed by atoms with Crippen LogP contribution in [0.2, 0.25) is 0 Å². The molecule has 49 heavy (non-hydrogen) atoms. The molecule has 10 heteroatoms. The van der Waals surface area contributed by atoms with Crippen molar-refractivity contribution in [1.82, 2.24) is 15.0 Å². The summed E-state index contributed by atoms with van der Waals surface area (Å²) in [7, 11) is 1.65. The number of rotatable bonds is 11. The average Bonchev–Trinajstić information content (AvgIpc) is 3.77. The van der Waals surface area contributed by atoms with Gasteiger partial charge < -0.3 is 24.4 Å². The minimum absolute atomic E-state index is 0.0719. The van der Waals surface area contributed by atoms with Crippen LogP contribution in [0.25, 0.3) is 0 Å². The summed E-state index contributed by atoms with van der Waals surface area (Å²) in [5.74, 6) is 0.380. The van der Waals surface area contributed by atoms with Crippen molar-refractivity contribution >= 4 is 23.2 Å². The fourth-order valence-electron chi connectivity index (χ4n) is 8.25. The normalized spacial score (nSPS) is 23.9. The molecule has 0 unspecified atom stereocenters. The van der Waals surface area contributed by atoms with Crippen LogP contribution in [0.1, 0.15) is 62.1 Å². The molecule has 7 rings (SSSR count). The van der Waals surface area contributed by atoms with E-state index in [0.29, 0.717) is 38.2 Å². The molecular formula is C39H43N5O5. The number of amides is 2. The fourth-order valence-corrected chi connectivity index (χ4v) is 8.25. The van der Waals surface area contributed by atoms with Gasteiger partial charge in [0.25, 0.3) is 5.91 Å². The highest BCUT2D eigenvalue weighted by atomic mass is 16.5. The molecule has 2 amide bonds. The van der Waals surface area contributed by atoms with Crippen LogP contribution in [0.5, 0.6) is 5.75 Å². The quantitative estimate of drug-likeness (QED) is 0.166. The molecule has 2 saturated heterocycles. The molecule has 254 valence electrons. The molecule has 5 atom stereocenters. The lowest BCUT2D eigenvalue weighted by atomic mass is 9.63. The lowest BCUT2D eigenvalue weighted by Crippen LogP contribution is -2.46. The molecule has 4 aromatic rings. The van der Waals surface area contributed by atoms with E-state index in [1.165, 1.54) is 0 Å². The van der Waals surface area contributed by atoms with Crippen molar-refractivity contribution in [3.8, 4) is 5.75 Å². The van der Waals surface area contributed by atoms with Crippen LogP contribution in [-0.2, 0) is 31.9 Å². The van der Waals surface area contributed by atoms with Crippen molar-refractivity contribution < 1.29 is 24.2 Å². The minimum atomic E-state index is -1.27. The number of β-lactam (4-membered cyclic amide) rings is 1. The Morgan fingerprint density at radius 1 is 1.12 bits per heavy atom. The predicted molar refractivity (Wildman–Crippen MR) is 186 cm³/mol. The number of methoxy groups -OCH3 is 1. The molecule has 1 aromatic heterocycles. The number of aryl methyl sites for hydroxylation is 1. The minimum Gasteiger partial charge on any atom is -0.497 e. The van der Waals surface area contributed by atoms with E-state index < -0.39 is 17.1 Å². The number of fused-ring (bicyclic) bond motifs is 2. The summed E-state index contributed by atoms with van der Waals surface area (Å²) in [6.45, 7) is 11.9. The molecule has 0 saturated carbocycles. The van der Waals surface area contributed by atoms with Crippen molar-refractivity contribution in [3.05, 3.63) is 114 Å². The zero-order valence-corrected chi connectivity index (χ0v) is 28.5. The number of hydrogen-bond acceptors (Lipinski definition) is 7. The molecule has 0 aliphatic carbocycles. The number of carbonyl (C=O) groups is 2. The van der Waals surface area contributed by atoms with Gasteiger partial charge in [0.2, 0.25) is 5.91 Å². The Hall–Kier alpha value is -4.80. The molecule has 0 bridgehead atoms. The fraction of sp³-hybridized carbons (Fsp3) is 0.385. The Bertz CT molecular complexity index is 1870. The van der Waals surface area contributed by atoms with E-state index in [-0.39, 0.29) is 29.8 Å². The summed E-state index contributed by atoms with van der Waals surface area (Å²) in [6.07, 6.45) is 3.33. The highest BCUT2D eigenvalue weighted by Crippen LogP contribution is 2.60. The highest BCUT2D eigenvalue weighted by molar-refractivity contribution is 6.09. The zero-order chi connectivity index (χ0) is 34.5. The average molecular weight is 662 g/mol. The topological polar surface area (TPSA) is 110 Å². The van der Waals surface area contributed by atoms with Gasteiger partial charge in [0, 0.05) is 49.1 Å². The second-order valence-electron chi connectivity index (χ2n) is 13.9. The van der Waals surface area contributed by atoms with Gasteiger partial charge in [-0.1, -0.05) is 74.5 Å². The van der Waals surface area contributed by atoms with Gasteiger partial charge in [-0.25, -0.2) is 0 Å². The zero-order valence-electron chi connectivity index (χ0n) is 28.5. The number of benzene rings is 3. The van der Waals surface area contributed by atoms with Gasteiger partial charge >= 0.3 is 0 Å². The number of aliphatic hydroxyl groups is 1. The molecule has 1 N–H and O–H groups in total. The Balaban J connectivity index is 1.27.